The molecule has 0 aliphatic heterocycles. The van der Waals surface area contributed by atoms with Crippen LogP contribution in [0.15, 0.2) is 72.8 Å². The molecule has 3 aromatic carbocycles. The van der Waals surface area contributed by atoms with E-state index in [1.165, 1.54) is 49.4 Å². The molecule has 1 unspecified atom stereocenters. The molecule has 3 rings (SSSR count). The summed E-state index contributed by atoms with van der Waals surface area (Å²) in [7, 11) is 2.78. The standard InChI is InChI=1S/C26H26FN3O6/c1-28-26(32)23(14-18-6-4-3-5-7-18)29(16-19-8-10-20(27)11-9-19)25(31)17-36-21-12-13-22(30(33)34)24(15-21)35-2/h3-13,15,23H,14,16-17H2,1-2H3,(H,28,32). The highest BCUT2D eigenvalue weighted by Gasteiger charge is 2.30. The van der Waals surface area contributed by atoms with Gasteiger partial charge in [-0.05, 0) is 29.3 Å². The Labute approximate surface area is 207 Å². The molecule has 0 aliphatic rings. The Morgan fingerprint density at radius 1 is 1.06 bits per heavy atom. The van der Waals surface area contributed by atoms with Gasteiger partial charge in [-0.1, -0.05) is 42.5 Å². The summed E-state index contributed by atoms with van der Waals surface area (Å²) in [6.07, 6.45) is 0.249. The first-order chi connectivity index (χ1) is 17.3. The third-order valence-corrected chi connectivity index (χ3v) is 5.49. The van der Waals surface area contributed by atoms with Gasteiger partial charge in [-0.15, -0.1) is 0 Å². The van der Waals surface area contributed by atoms with Crippen LogP contribution in [-0.2, 0) is 22.6 Å². The van der Waals surface area contributed by atoms with E-state index in [1.807, 2.05) is 30.3 Å². The Bertz CT molecular complexity index is 1200. The zero-order valence-electron chi connectivity index (χ0n) is 19.8. The minimum absolute atomic E-state index is 0.0135. The van der Waals surface area contributed by atoms with Gasteiger partial charge in [0.05, 0.1) is 12.0 Å². The number of carbonyl (C=O) groups excluding carboxylic acids is 2. The lowest BCUT2D eigenvalue weighted by atomic mass is 10.0. The van der Waals surface area contributed by atoms with Crippen LogP contribution >= 0.6 is 0 Å². The number of nitrogens with one attached hydrogen (secondary N) is 1. The molecule has 0 spiro atoms. The molecule has 0 aromatic heterocycles. The van der Waals surface area contributed by atoms with Gasteiger partial charge in [-0.25, -0.2) is 4.39 Å². The predicted molar refractivity (Wildman–Crippen MR) is 130 cm³/mol. The van der Waals surface area contributed by atoms with Gasteiger partial charge in [0.2, 0.25) is 11.7 Å². The highest BCUT2D eigenvalue weighted by atomic mass is 19.1. The Morgan fingerprint density at radius 2 is 1.75 bits per heavy atom. The second kappa shape index (κ2) is 12.3. The monoisotopic (exact) mass is 495 g/mol. The lowest BCUT2D eigenvalue weighted by molar-refractivity contribution is -0.385. The molecule has 1 N–H and O–H groups in total. The largest absolute Gasteiger partial charge is 0.490 e. The average molecular weight is 496 g/mol. The highest BCUT2D eigenvalue weighted by Crippen LogP contribution is 2.30. The van der Waals surface area contributed by atoms with E-state index in [9.17, 15) is 24.1 Å². The summed E-state index contributed by atoms with van der Waals surface area (Å²) in [6, 6.07) is 17.9. The topological polar surface area (TPSA) is 111 Å². The number of nitro benzene ring substituents is 1. The van der Waals surface area contributed by atoms with Crippen molar-refractivity contribution in [2.75, 3.05) is 20.8 Å². The maximum absolute atomic E-state index is 13.4. The van der Waals surface area contributed by atoms with E-state index < -0.39 is 29.3 Å². The number of hydrogen-bond donors (Lipinski definition) is 1. The van der Waals surface area contributed by atoms with Gasteiger partial charge in [-0.2, -0.15) is 0 Å². The molecule has 0 saturated heterocycles. The summed E-state index contributed by atoms with van der Waals surface area (Å²) in [5.41, 5.74) is 1.24. The maximum atomic E-state index is 13.4. The van der Waals surface area contributed by atoms with Crippen molar-refractivity contribution in [3.63, 3.8) is 0 Å². The number of rotatable bonds is 11. The molecular weight excluding hydrogens is 469 g/mol. The Kier molecular flexibility index (Phi) is 8.93. The average Bonchev–Trinajstić information content (AvgIpc) is 2.90. The number of halogens is 1. The molecule has 2 amide bonds. The number of amides is 2. The van der Waals surface area contributed by atoms with Crippen molar-refractivity contribution < 1.29 is 28.4 Å². The molecule has 9 nitrogen and oxygen atoms in total. The summed E-state index contributed by atoms with van der Waals surface area (Å²) in [5.74, 6) is -1.11. The lowest BCUT2D eigenvalue weighted by Gasteiger charge is -2.31. The van der Waals surface area contributed by atoms with Crippen LogP contribution in [0.3, 0.4) is 0 Å². The van der Waals surface area contributed by atoms with Crippen LogP contribution in [0, 0.1) is 15.9 Å². The lowest BCUT2D eigenvalue weighted by Crippen LogP contribution is -2.51. The first kappa shape index (κ1) is 26.1. The summed E-state index contributed by atoms with van der Waals surface area (Å²) in [6.45, 7) is -0.401. The normalized spacial score (nSPS) is 11.3. The molecule has 0 heterocycles. The summed E-state index contributed by atoms with van der Waals surface area (Å²) >= 11 is 0. The van der Waals surface area contributed by atoms with Gasteiger partial charge in [0.25, 0.3) is 5.91 Å². The van der Waals surface area contributed by atoms with Crippen molar-refractivity contribution in [3.05, 3.63) is 99.9 Å². The number of nitro groups is 1. The van der Waals surface area contributed by atoms with E-state index in [0.29, 0.717) is 5.56 Å². The first-order valence-electron chi connectivity index (χ1n) is 11.1. The van der Waals surface area contributed by atoms with Crippen LogP contribution in [0.5, 0.6) is 11.5 Å². The molecule has 0 bridgehead atoms. The van der Waals surface area contributed by atoms with Crippen LogP contribution in [0.2, 0.25) is 0 Å². The van der Waals surface area contributed by atoms with E-state index >= 15 is 0 Å². The summed E-state index contributed by atoms with van der Waals surface area (Å²) in [4.78, 5) is 38.2. The number of benzene rings is 3. The number of likely N-dealkylation sites (N-methyl/N-ethyl adjacent to an activating group) is 1. The third-order valence-electron chi connectivity index (χ3n) is 5.49. The second-order valence-corrected chi connectivity index (χ2v) is 7.85. The van der Waals surface area contributed by atoms with Gasteiger partial charge in [0, 0.05) is 32.1 Å². The second-order valence-electron chi connectivity index (χ2n) is 7.85. The van der Waals surface area contributed by atoms with Crippen LogP contribution in [0.1, 0.15) is 11.1 Å². The van der Waals surface area contributed by atoms with E-state index in [0.717, 1.165) is 5.56 Å². The highest BCUT2D eigenvalue weighted by molar-refractivity contribution is 5.88. The molecule has 10 heteroatoms. The molecule has 188 valence electrons. The fourth-order valence-electron chi connectivity index (χ4n) is 3.63. The van der Waals surface area contributed by atoms with Crippen LogP contribution in [-0.4, -0.2) is 48.4 Å². The Morgan fingerprint density at radius 3 is 2.36 bits per heavy atom. The molecule has 3 aromatic rings. The van der Waals surface area contributed by atoms with Crippen molar-refractivity contribution >= 4 is 17.5 Å². The van der Waals surface area contributed by atoms with Crippen LogP contribution < -0.4 is 14.8 Å². The molecular formula is C26H26FN3O6. The molecule has 36 heavy (non-hydrogen) atoms. The molecule has 1 atom stereocenters. The van der Waals surface area contributed by atoms with Gasteiger partial charge in [-0.3, -0.25) is 19.7 Å². The maximum Gasteiger partial charge on any atom is 0.311 e. The zero-order chi connectivity index (χ0) is 26.1. The van der Waals surface area contributed by atoms with Crippen LogP contribution in [0.4, 0.5) is 10.1 Å². The van der Waals surface area contributed by atoms with E-state index in [4.69, 9.17) is 9.47 Å². The summed E-state index contributed by atoms with van der Waals surface area (Å²) < 4.78 is 24.1. The van der Waals surface area contributed by atoms with Crippen molar-refractivity contribution in [1.29, 1.82) is 0 Å². The number of methoxy groups -OCH3 is 1. The molecule has 0 aliphatic carbocycles. The molecule has 0 fully saturated rings. The van der Waals surface area contributed by atoms with E-state index in [2.05, 4.69) is 5.32 Å². The van der Waals surface area contributed by atoms with Crippen molar-refractivity contribution in [2.24, 2.45) is 0 Å². The van der Waals surface area contributed by atoms with Crippen molar-refractivity contribution in [2.45, 2.75) is 19.0 Å². The van der Waals surface area contributed by atoms with Crippen molar-refractivity contribution in [3.8, 4) is 11.5 Å². The Balaban J connectivity index is 1.87. The molecule has 0 saturated carbocycles. The van der Waals surface area contributed by atoms with Gasteiger partial charge in [0.1, 0.15) is 17.6 Å². The molecule has 0 radical (unpaired) electrons. The summed E-state index contributed by atoms with van der Waals surface area (Å²) in [5, 5.41) is 13.7. The van der Waals surface area contributed by atoms with Gasteiger partial charge >= 0.3 is 5.69 Å². The predicted octanol–water partition coefficient (Wildman–Crippen LogP) is 3.51. The Hall–Kier alpha value is -4.47. The fourth-order valence-corrected chi connectivity index (χ4v) is 3.63. The number of carbonyl (C=O) groups is 2. The van der Waals surface area contributed by atoms with Gasteiger partial charge in [0.15, 0.2) is 6.61 Å². The zero-order valence-corrected chi connectivity index (χ0v) is 19.8. The smallest absolute Gasteiger partial charge is 0.311 e. The minimum Gasteiger partial charge on any atom is -0.490 e. The number of ether oxygens (including phenoxy) is 2. The van der Waals surface area contributed by atoms with E-state index in [1.54, 1.807) is 12.1 Å². The SMILES string of the molecule is CNC(=O)C(Cc1ccccc1)N(Cc1ccc(F)cc1)C(=O)COc1ccc([N+](=O)[O-])c(OC)c1. The van der Waals surface area contributed by atoms with Crippen molar-refractivity contribution in [1.82, 2.24) is 10.2 Å². The van der Waals surface area contributed by atoms with Gasteiger partial charge < -0.3 is 19.7 Å². The minimum atomic E-state index is -0.870. The number of nitrogens with zero attached hydrogens (tertiary/aromatic N) is 2. The quantitative estimate of drug-likeness (QED) is 0.322. The fraction of sp³-hybridized carbons (Fsp3) is 0.231. The van der Waals surface area contributed by atoms with E-state index in [-0.39, 0.29) is 36.1 Å². The third kappa shape index (κ3) is 6.78. The number of hydrogen-bond acceptors (Lipinski definition) is 6. The first-order valence-corrected chi connectivity index (χ1v) is 11.1. The van der Waals surface area contributed by atoms with Crippen LogP contribution in [0.25, 0.3) is 0 Å².